The Balaban J connectivity index is 3.12. The molecule has 1 rings (SSSR count). The summed E-state index contributed by atoms with van der Waals surface area (Å²) in [5.74, 6) is 0.356. The summed E-state index contributed by atoms with van der Waals surface area (Å²) < 4.78 is 0. The van der Waals surface area contributed by atoms with Gasteiger partial charge in [-0.2, -0.15) is 0 Å². The molecule has 0 spiro atoms. The van der Waals surface area contributed by atoms with Crippen LogP contribution in [0.5, 0.6) is 0 Å². The van der Waals surface area contributed by atoms with Crippen molar-refractivity contribution in [1.29, 1.82) is 0 Å². The molecular weight excluding hydrogens is 114 g/mol. The Labute approximate surface area is 53.2 Å². The molecule has 0 aliphatic rings. The lowest BCUT2D eigenvalue weighted by molar-refractivity contribution is 1.14. The molecule has 0 saturated carbocycles. The van der Waals surface area contributed by atoms with Gasteiger partial charge in [0.05, 0.1) is 12.4 Å². The quantitative estimate of drug-likeness (QED) is 0.482. The molecule has 1 aromatic rings. The zero-order valence-electron chi connectivity index (χ0n) is 5.00. The zero-order valence-corrected chi connectivity index (χ0v) is 5.00. The summed E-state index contributed by atoms with van der Waals surface area (Å²) in [6.45, 7) is 8.37. The number of nitrogens with zero attached hydrogens (tertiary/aromatic N) is 3. The molecule has 0 saturated heterocycles. The average Bonchev–Trinajstić information content (AvgIpc) is 1.88. The van der Waals surface area contributed by atoms with Crippen LogP contribution in [0.4, 0.5) is 5.82 Å². The second-order valence-electron chi connectivity index (χ2n) is 1.63. The van der Waals surface area contributed by atoms with Crippen LogP contribution in [-0.4, -0.2) is 9.97 Å². The Morgan fingerprint density at radius 3 is 2.78 bits per heavy atom. The first-order valence-electron chi connectivity index (χ1n) is 2.49. The average molecular weight is 119 g/mol. The van der Waals surface area contributed by atoms with Crippen LogP contribution >= 0.6 is 0 Å². The van der Waals surface area contributed by atoms with Gasteiger partial charge in [0.15, 0.2) is 0 Å². The van der Waals surface area contributed by atoms with E-state index in [1.807, 2.05) is 6.92 Å². The first-order valence-corrected chi connectivity index (χ1v) is 2.49. The number of aromatic nitrogens is 2. The first kappa shape index (κ1) is 5.70. The van der Waals surface area contributed by atoms with Crippen LogP contribution in [-0.2, 0) is 0 Å². The lowest BCUT2D eigenvalue weighted by atomic mass is 10.5. The molecule has 0 fully saturated rings. The van der Waals surface area contributed by atoms with Gasteiger partial charge in [-0.3, -0.25) is 4.98 Å². The van der Waals surface area contributed by atoms with Crippen LogP contribution in [0.2, 0.25) is 0 Å². The minimum atomic E-state index is 0.356. The Morgan fingerprint density at radius 1 is 1.56 bits per heavy atom. The van der Waals surface area contributed by atoms with Crippen molar-refractivity contribution in [2.45, 2.75) is 6.92 Å². The van der Waals surface area contributed by atoms with Crippen molar-refractivity contribution in [2.75, 3.05) is 0 Å². The summed E-state index contributed by atoms with van der Waals surface area (Å²) in [4.78, 5) is 10.8. The van der Waals surface area contributed by atoms with Crippen molar-refractivity contribution in [2.24, 2.45) is 0 Å². The number of rotatable bonds is 0. The fourth-order valence-electron chi connectivity index (χ4n) is 0.504. The molecule has 3 heteroatoms. The van der Waals surface area contributed by atoms with E-state index in [1.54, 1.807) is 6.20 Å². The Morgan fingerprint density at radius 2 is 2.33 bits per heavy atom. The lowest BCUT2D eigenvalue weighted by Gasteiger charge is -1.84. The van der Waals surface area contributed by atoms with E-state index in [1.165, 1.54) is 6.20 Å². The molecule has 0 radical (unpaired) electrons. The van der Waals surface area contributed by atoms with E-state index in [9.17, 15) is 0 Å². The minimum absolute atomic E-state index is 0.356. The van der Waals surface area contributed by atoms with E-state index in [4.69, 9.17) is 6.57 Å². The molecule has 9 heavy (non-hydrogen) atoms. The third-order valence-electron chi connectivity index (χ3n) is 0.857. The van der Waals surface area contributed by atoms with Gasteiger partial charge in [0, 0.05) is 6.92 Å². The van der Waals surface area contributed by atoms with Gasteiger partial charge < -0.3 is 4.85 Å². The second kappa shape index (κ2) is 2.23. The SMILES string of the molecule is [C-]#[N+]c1cncc(C)n1. The topological polar surface area (TPSA) is 30.1 Å². The van der Waals surface area contributed by atoms with Crippen LogP contribution < -0.4 is 0 Å². The van der Waals surface area contributed by atoms with Crippen LogP contribution in [0.3, 0.4) is 0 Å². The molecule has 0 N–H and O–H groups in total. The molecule has 0 aliphatic heterocycles. The van der Waals surface area contributed by atoms with Crippen molar-refractivity contribution in [3.05, 3.63) is 29.5 Å². The van der Waals surface area contributed by atoms with Gasteiger partial charge in [-0.05, 0) is 0 Å². The second-order valence-corrected chi connectivity index (χ2v) is 1.63. The van der Waals surface area contributed by atoms with Gasteiger partial charge >= 0.3 is 0 Å². The van der Waals surface area contributed by atoms with Crippen LogP contribution in [0.15, 0.2) is 12.4 Å². The predicted octanol–water partition coefficient (Wildman–Crippen LogP) is 1.34. The minimum Gasteiger partial charge on any atom is -0.359 e. The Hall–Kier alpha value is -1.43. The number of aryl methyl sites for hydroxylation is 1. The number of hydrogen-bond donors (Lipinski definition) is 0. The van der Waals surface area contributed by atoms with E-state index in [0.717, 1.165) is 5.69 Å². The summed E-state index contributed by atoms with van der Waals surface area (Å²) in [5, 5.41) is 0. The molecule has 0 aromatic carbocycles. The monoisotopic (exact) mass is 119 g/mol. The van der Waals surface area contributed by atoms with Crippen molar-refractivity contribution in [3.8, 4) is 0 Å². The maximum atomic E-state index is 6.56. The summed E-state index contributed by atoms with van der Waals surface area (Å²) >= 11 is 0. The molecule has 1 heterocycles. The highest BCUT2D eigenvalue weighted by Crippen LogP contribution is 2.03. The highest BCUT2D eigenvalue weighted by Gasteiger charge is 1.92. The van der Waals surface area contributed by atoms with Crippen molar-refractivity contribution < 1.29 is 0 Å². The van der Waals surface area contributed by atoms with Gasteiger partial charge in [-0.25, -0.2) is 0 Å². The molecular formula is C6H5N3. The summed E-state index contributed by atoms with van der Waals surface area (Å²) in [6.07, 6.45) is 3.06. The summed E-state index contributed by atoms with van der Waals surface area (Å²) in [7, 11) is 0. The smallest absolute Gasteiger partial charge is 0.288 e. The summed E-state index contributed by atoms with van der Waals surface area (Å²) in [6, 6.07) is 0. The first-order chi connectivity index (χ1) is 4.33. The zero-order chi connectivity index (χ0) is 6.69. The Bertz CT molecular complexity index is 249. The van der Waals surface area contributed by atoms with Gasteiger partial charge in [-0.15, -0.1) is 4.98 Å². The van der Waals surface area contributed by atoms with Crippen LogP contribution in [0, 0.1) is 13.5 Å². The molecule has 44 valence electrons. The van der Waals surface area contributed by atoms with Gasteiger partial charge in [-0.1, -0.05) is 6.57 Å². The summed E-state index contributed by atoms with van der Waals surface area (Å²) in [5.41, 5.74) is 0.781. The number of hydrogen-bond acceptors (Lipinski definition) is 2. The van der Waals surface area contributed by atoms with E-state index in [-0.39, 0.29) is 0 Å². The van der Waals surface area contributed by atoms with E-state index >= 15 is 0 Å². The van der Waals surface area contributed by atoms with Crippen LogP contribution in [0.1, 0.15) is 5.69 Å². The third kappa shape index (κ3) is 1.23. The lowest BCUT2D eigenvalue weighted by Crippen LogP contribution is -1.79. The normalized spacial score (nSPS) is 8.44. The maximum absolute atomic E-state index is 6.56. The van der Waals surface area contributed by atoms with Gasteiger partial charge in [0.1, 0.15) is 5.69 Å². The highest BCUT2D eigenvalue weighted by molar-refractivity contribution is 5.31. The molecule has 0 aliphatic carbocycles. The Kier molecular flexibility index (Phi) is 1.41. The standard InChI is InChI=1S/C6H5N3/c1-5-3-8-4-6(7-2)9-5/h3-4H,1H3. The van der Waals surface area contributed by atoms with E-state index in [2.05, 4.69) is 14.8 Å². The maximum Gasteiger partial charge on any atom is 0.288 e. The van der Waals surface area contributed by atoms with Crippen molar-refractivity contribution >= 4 is 5.82 Å². The molecule has 0 bridgehead atoms. The molecule has 1 aromatic heterocycles. The molecule has 0 atom stereocenters. The van der Waals surface area contributed by atoms with E-state index < -0.39 is 0 Å². The van der Waals surface area contributed by atoms with Crippen molar-refractivity contribution in [3.63, 3.8) is 0 Å². The largest absolute Gasteiger partial charge is 0.359 e. The van der Waals surface area contributed by atoms with Crippen LogP contribution in [0.25, 0.3) is 4.85 Å². The van der Waals surface area contributed by atoms with Gasteiger partial charge in [0.2, 0.25) is 0 Å². The fraction of sp³-hybridized carbons (Fsp3) is 0.167. The highest BCUT2D eigenvalue weighted by atomic mass is 14.9. The molecule has 3 nitrogen and oxygen atoms in total. The van der Waals surface area contributed by atoms with Gasteiger partial charge in [0.25, 0.3) is 5.82 Å². The predicted molar refractivity (Wildman–Crippen MR) is 33.0 cm³/mol. The van der Waals surface area contributed by atoms with E-state index in [0.29, 0.717) is 5.82 Å². The van der Waals surface area contributed by atoms with Crippen molar-refractivity contribution in [1.82, 2.24) is 9.97 Å². The molecule has 0 unspecified atom stereocenters. The third-order valence-corrected chi connectivity index (χ3v) is 0.857. The molecule has 0 amide bonds. The fourth-order valence-corrected chi connectivity index (χ4v) is 0.504.